The third-order valence-corrected chi connectivity index (χ3v) is 1.95. The lowest BCUT2D eigenvalue weighted by atomic mass is 9.76. The fraction of sp³-hybridized carbons (Fsp3) is 0.857. The summed E-state index contributed by atoms with van der Waals surface area (Å²) in [6, 6.07) is 0. The van der Waals surface area contributed by atoms with E-state index in [1.54, 1.807) is 0 Å². The van der Waals surface area contributed by atoms with Crippen LogP contribution in [0.3, 0.4) is 0 Å². The average molecular weight is 143 g/mol. The topological polar surface area (TPSA) is 38.3 Å². The quantitative estimate of drug-likeness (QED) is 0.578. The lowest BCUT2D eigenvalue weighted by Crippen LogP contribution is -2.37. The summed E-state index contributed by atoms with van der Waals surface area (Å²) >= 11 is 0. The molecule has 0 bridgehead atoms. The molecular formula is C7H13NO2. The molecule has 0 heterocycles. The monoisotopic (exact) mass is 143 g/mol. The zero-order valence-corrected chi connectivity index (χ0v) is 6.39. The van der Waals surface area contributed by atoms with Gasteiger partial charge < -0.3 is 0 Å². The smallest absolute Gasteiger partial charge is 0.246 e. The molecule has 1 amide bonds. The van der Waals surface area contributed by atoms with Crippen LogP contribution in [-0.4, -0.2) is 13.0 Å². The van der Waals surface area contributed by atoms with Crippen LogP contribution in [0.1, 0.15) is 19.8 Å². The fourth-order valence-corrected chi connectivity index (χ4v) is 1.30. The number of hydroxylamine groups is 1. The van der Waals surface area contributed by atoms with Crippen LogP contribution in [0.15, 0.2) is 0 Å². The summed E-state index contributed by atoms with van der Waals surface area (Å²) in [5.41, 5.74) is 2.33. The van der Waals surface area contributed by atoms with Crippen LogP contribution < -0.4 is 5.48 Å². The first-order valence-corrected chi connectivity index (χ1v) is 3.57. The highest BCUT2D eigenvalue weighted by Gasteiger charge is 2.31. The van der Waals surface area contributed by atoms with Crippen molar-refractivity contribution in [1.82, 2.24) is 5.48 Å². The lowest BCUT2D eigenvalue weighted by molar-refractivity contribution is -0.139. The predicted molar refractivity (Wildman–Crippen MR) is 37.0 cm³/mol. The van der Waals surface area contributed by atoms with Crippen LogP contribution in [0.5, 0.6) is 0 Å². The number of hydrogen-bond acceptors (Lipinski definition) is 2. The van der Waals surface area contributed by atoms with Gasteiger partial charge in [-0.3, -0.25) is 9.63 Å². The average Bonchev–Trinajstić information content (AvgIpc) is 1.82. The van der Waals surface area contributed by atoms with E-state index in [1.165, 1.54) is 7.11 Å². The molecule has 0 atom stereocenters. The van der Waals surface area contributed by atoms with E-state index in [-0.39, 0.29) is 11.8 Å². The Bertz CT molecular complexity index is 130. The highest BCUT2D eigenvalue weighted by atomic mass is 16.6. The second-order valence-corrected chi connectivity index (χ2v) is 2.94. The van der Waals surface area contributed by atoms with Crippen molar-refractivity contribution in [2.45, 2.75) is 19.8 Å². The van der Waals surface area contributed by atoms with Gasteiger partial charge in [-0.15, -0.1) is 0 Å². The van der Waals surface area contributed by atoms with Crippen LogP contribution in [0.25, 0.3) is 0 Å². The van der Waals surface area contributed by atoms with E-state index in [9.17, 15) is 4.79 Å². The second kappa shape index (κ2) is 3.01. The minimum absolute atomic E-state index is 0.0283. The Kier molecular flexibility index (Phi) is 2.27. The standard InChI is InChI=1S/C7H13NO2/c1-5-3-6(4-5)7(9)8-10-2/h5-6H,3-4H2,1-2H3,(H,8,9). The Morgan fingerprint density at radius 3 is 2.60 bits per heavy atom. The molecule has 58 valence electrons. The number of carbonyl (C=O) groups excluding carboxylic acids is 1. The lowest BCUT2D eigenvalue weighted by Gasteiger charge is -2.30. The van der Waals surface area contributed by atoms with Crippen molar-refractivity contribution in [1.29, 1.82) is 0 Å². The van der Waals surface area contributed by atoms with E-state index in [2.05, 4.69) is 17.2 Å². The van der Waals surface area contributed by atoms with Crippen molar-refractivity contribution >= 4 is 5.91 Å². The van der Waals surface area contributed by atoms with E-state index in [4.69, 9.17) is 0 Å². The molecule has 3 heteroatoms. The van der Waals surface area contributed by atoms with Crippen molar-refractivity contribution in [2.24, 2.45) is 11.8 Å². The van der Waals surface area contributed by atoms with Gasteiger partial charge in [-0.25, -0.2) is 5.48 Å². The van der Waals surface area contributed by atoms with Crippen molar-refractivity contribution in [3.8, 4) is 0 Å². The van der Waals surface area contributed by atoms with Gasteiger partial charge in [0, 0.05) is 5.92 Å². The molecule has 1 saturated carbocycles. The van der Waals surface area contributed by atoms with E-state index >= 15 is 0 Å². The molecule has 0 aliphatic heterocycles. The largest absolute Gasteiger partial charge is 0.277 e. The van der Waals surface area contributed by atoms with Crippen LogP contribution in [0.4, 0.5) is 0 Å². The third-order valence-electron chi connectivity index (χ3n) is 1.95. The van der Waals surface area contributed by atoms with Crippen LogP contribution in [0, 0.1) is 11.8 Å². The minimum atomic E-state index is 0.0283. The van der Waals surface area contributed by atoms with Crippen LogP contribution in [0.2, 0.25) is 0 Å². The molecule has 1 fully saturated rings. The maximum atomic E-state index is 10.9. The van der Waals surface area contributed by atoms with Gasteiger partial charge in [-0.05, 0) is 18.8 Å². The van der Waals surface area contributed by atoms with Crippen molar-refractivity contribution < 1.29 is 9.63 Å². The molecule has 10 heavy (non-hydrogen) atoms. The first-order chi connectivity index (χ1) is 4.74. The van der Waals surface area contributed by atoms with Gasteiger partial charge in [-0.1, -0.05) is 6.92 Å². The van der Waals surface area contributed by atoms with Crippen molar-refractivity contribution in [2.75, 3.05) is 7.11 Å². The van der Waals surface area contributed by atoms with E-state index in [0.29, 0.717) is 5.92 Å². The first kappa shape index (κ1) is 7.54. The number of carbonyl (C=O) groups is 1. The third kappa shape index (κ3) is 1.48. The summed E-state index contributed by atoms with van der Waals surface area (Å²) in [4.78, 5) is 15.4. The SMILES string of the molecule is CONC(=O)C1CC(C)C1. The summed E-state index contributed by atoms with van der Waals surface area (Å²) in [7, 11) is 1.46. The number of hydrogen-bond donors (Lipinski definition) is 1. The Morgan fingerprint density at radius 2 is 2.20 bits per heavy atom. The van der Waals surface area contributed by atoms with Gasteiger partial charge in [0.2, 0.25) is 5.91 Å². The van der Waals surface area contributed by atoms with Gasteiger partial charge in [0.15, 0.2) is 0 Å². The van der Waals surface area contributed by atoms with Crippen molar-refractivity contribution in [3.05, 3.63) is 0 Å². The molecule has 1 rings (SSSR count). The molecule has 1 aliphatic carbocycles. The molecule has 0 saturated heterocycles. The normalized spacial score (nSPS) is 31.0. The Balaban J connectivity index is 2.18. The van der Waals surface area contributed by atoms with Crippen LogP contribution >= 0.6 is 0 Å². The van der Waals surface area contributed by atoms with Gasteiger partial charge in [-0.2, -0.15) is 0 Å². The fourth-order valence-electron chi connectivity index (χ4n) is 1.30. The maximum Gasteiger partial charge on any atom is 0.246 e. The zero-order valence-electron chi connectivity index (χ0n) is 6.39. The number of rotatable bonds is 2. The Labute approximate surface area is 60.7 Å². The minimum Gasteiger partial charge on any atom is -0.277 e. The van der Waals surface area contributed by atoms with E-state index in [0.717, 1.165) is 12.8 Å². The Morgan fingerprint density at radius 1 is 1.60 bits per heavy atom. The first-order valence-electron chi connectivity index (χ1n) is 3.57. The summed E-state index contributed by atoms with van der Waals surface area (Å²) in [5, 5.41) is 0. The van der Waals surface area contributed by atoms with Gasteiger partial charge in [0.05, 0.1) is 7.11 Å². The van der Waals surface area contributed by atoms with Gasteiger partial charge in [0.1, 0.15) is 0 Å². The van der Waals surface area contributed by atoms with Gasteiger partial charge >= 0.3 is 0 Å². The Hall–Kier alpha value is -0.570. The molecule has 1 N–H and O–H groups in total. The molecule has 0 spiro atoms. The summed E-state index contributed by atoms with van der Waals surface area (Å²) in [5.74, 6) is 0.947. The molecule has 1 aliphatic rings. The molecular weight excluding hydrogens is 130 g/mol. The van der Waals surface area contributed by atoms with Gasteiger partial charge in [0.25, 0.3) is 0 Å². The van der Waals surface area contributed by atoms with Crippen molar-refractivity contribution in [3.63, 3.8) is 0 Å². The second-order valence-electron chi connectivity index (χ2n) is 2.94. The molecule has 0 aromatic rings. The summed E-state index contributed by atoms with van der Waals surface area (Å²) in [6.07, 6.45) is 2.02. The van der Waals surface area contributed by atoms with E-state index in [1.807, 2.05) is 0 Å². The predicted octanol–water partition coefficient (Wildman–Crippen LogP) is 0.710. The number of nitrogens with one attached hydrogen (secondary N) is 1. The summed E-state index contributed by atoms with van der Waals surface area (Å²) in [6.45, 7) is 2.15. The molecule has 0 radical (unpaired) electrons. The summed E-state index contributed by atoms with van der Waals surface area (Å²) < 4.78 is 0. The molecule has 0 unspecified atom stereocenters. The highest BCUT2D eigenvalue weighted by Crippen LogP contribution is 2.32. The highest BCUT2D eigenvalue weighted by molar-refractivity contribution is 5.78. The molecule has 0 aromatic heterocycles. The maximum absolute atomic E-state index is 10.9. The number of amides is 1. The van der Waals surface area contributed by atoms with Crippen LogP contribution in [-0.2, 0) is 9.63 Å². The zero-order chi connectivity index (χ0) is 7.56. The van der Waals surface area contributed by atoms with E-state index < -0.39 is 0 Å². The molecule has 3 nitrogen and oxygen atoms in total. The molecule has 0 aromatic carbocycles.